The number of rotatable bonds is 4. The van der Waals surface area contributed by atoms with E-state index in [1.807, 2.05) is 39.0 Å². The molecule has 0 saturated carbocycles. The summed E-state index contributed by atoms with van der Waals surface area (Å²) in [6.45, 7) is 7.77. The maximum absolute atomic E-state index is 12.4. The van der Waals surface area contributed by atoms with Crippen molar-refractivity contribution < 1.29 is 4.79 Å². The van der Waals surface area contributed by atoms with E-state index in [-0.39, 0.29) is 11.9 Å². The summed E-state index contributed by atoms with van der Waals surface area (Å²) in [5, 5.41) is 4.21. The van der Waals surface area contributed by atoms with E-state index in [1.54, 1.807) is 11.3 Å². The van der Waals surface area contributed by atoms with Crippen LogP contribution in [0.15, 0.2) is 18.2 Å². The zero-order valence-electron chi connectivity index (χ0n) is 14.5. The molecule has 1 N–H and O–H groups in total. The summed E-state index contributed by atoms with van der Waals surface area (Å²) in [4.78, 5) is 24.7. The number of carbonyl (C=O) groups is 1. The molecule has 1 fully saturated rings. The van der Waals surface area contributed by atoms with Gasteiger partial charge in [0.2, 0.25) is 5.91 Å². The second-order valence-electron chi connectivity index (χ2n) is 6.41. The molecule has 1 saturated heterocycles. The van der Waals surface area contributed by atoms with Gasteiger partial charge in [0.25, 0.3) is 0 Å². The highest BCUT2D eigenvalue weighted by Gasteiger charge is 2.23. The van der Waals surface area contributed by atoms with Crippen LogP contribution >= 0.6 is 11.3 Å². The number of hydrogen-bond donors (Lipinski definition) is 1. The Hall–Kier alpha value is -1.95. The molecule has 5 nitrogen and oxygen atoms in total. The van der Waals surface area contributed by atoms with Gasteiger partial charge in [-0.1, -0.05) is 6.07 Å². The number of thiazole rings is 1. The molecule has 3 heterocycles. The van der Waals surface area contributed by atoms with Crippen LogP contribution in [0.5, 0.6) is 0 Å². The number of carbonyl (C=O) groups excluding carboxylic acids is 1. The Balaban J connectivity index is 1.59. The summed E-state index contributed by atoms with van der Waals surface area (Å²) in [7, 11) is 0. The predicted molar refractivity (Wildman–Crippen MR) is 97.6 cm³/mol. The van der Waals surface area contributed by atoms with Crippen molar-refractivity contribution in [1.29, 1.82) is 0 Å². The Morgan fingerprint density at radius 1 is 1.33 bits per heavy atom. The number of amides is 1. The van der Waals surface area contributed by atoms with Crippen LogP contribution in [0.3, 0.4) is 0 Å². The van der Waals surface area contributed by atoms with E-state index in [0.29, 0.717) is 6.42 Å². The maximum Gasteiger partial charge on any atom is 0.225 e. The molecule has 0 unspecified atom stereocenters. The minimum absolute atomic E-state index is 0.0887. The summed E-state index contributed by atoms with van der Waals surface area (Å²) in [5.41, 5.74) is 2.00. The number of aryl methyl sites for hydroxylation is 3. The first-order chi connectivity index (χ1) is 11.5. The molecule has 0 spiro atoms. The lowest BCUT2D eigenvalue weighted by Crippen LogP contribution is -2.48. The van der Waals surface area contributed by atoms with Crippen molar-refractivity contribution in [2.45, 2.75) is 46.1 Å². The number of piperidine rings is 1. The summed E-state index contributed by atoms with van der Waals surface area (Å²) < 4.78 is 0. The molecule has 1 aliphatic heterocycles. The molecule has 1 amide bonds. The van der Waals surface area contributed by atoms with Crippen molar-refractivity contribution in [2.24, 2.45) is 0 Å². The van der Waals surface area contributed by atoms with Crippen molar-refractivity contribution in [2.75, 3.05) is 18.0 Å². The van der Waals surface area contributed by atoms with E-state index in [2.05, 4.69) is 20.2 Å². The second kappa shape index (κ2) is 7.30. The first-order valence-corrected chi connectivity index (χ1v) is 9.24. The van der Waals surface area contributed by atoms with E-state index in [0.717, 1.165) is 53.0 Å². The van der Waals surface area contributed by atoms with Gasteiger partial charge in [-0.2, -0.15) is 0 Å². The number of aromatic nitrogens is 2. The fourth-order valence-corrected chi connectivity index (χ4v) is 4.11. The van der Waals surface area contributed by atoms with Crippen LogP contribution in [0.25, 0.3) is 0 Å². The topological polar surface area (TPSA) is 58.1 Å². The molecule has 24 heavy (non-hydrogen) atoms. The molecule has 0 aliphatic carbocycles. The number of anilines is 1. The SMILES string of the molecule is Cc1cccc(N2CCC[C@H](NC(=O)Cc3sc(C)nc3C)C2)n1. The van der Waals surface area contributed by atoms with Gasteiger partial charge in [0.1, 0.15) is 5.82 Å². The van der Waals surface area contributed by atoms with Crippen LogP contribution in [-0.4, -0.2) is 35.0 Å². The van der Waals surface area contributed by atoms with Crippen LogP contribution < -0.4 is 10.2 Å². The van der Waals surface area contributed by atoms with Crippen molar-refractivity contribution in [1.82, 2.24) is 15.3 Å². The van der Waals surface area contributed by atoms with Crippen molar-refractivity contribution in [3.8, 4) is 0 Å². The van der Waals surface area contributed by atoms with Gasteiger partial charge in [0.05, 0.1) is 17.1 Å². The number of nitrogens with zero attached hydrogens (tertiary/aromatic N) is 3. The zero-order chi connectivity index (χ0) is 17.1. The fourth-order valence-electron chi connectivity index (χ4n) is 3.17. The molecule has 0 bridgehead atoms. The lowest BCUT2D eigenvalue weighted by molar-refractivity contribution is -0.121. The van der Waals surface area contributed by atoms with E-state index in [1.165, 1.54) is 0 Å². The molecule has 0 radical (unpaired) electrons. The highest BCUT2D eigenvalue weighted by Crippen LogP contribution is 2.20. The Bertz CT molecular complexity index is 728. The van der Waals surface area contributed by atoms with E-state index in [9.17, 15) is 4.79 Å². The van der Waals surface area contributed by atoms with Crippen molar-refractivity contribution >= 4 is 23.1 Å². The largest absolute Gasteiger partial charge is 0.355 e. The van der Waals surface area contributed by atoms with Crippen LogP contribution in [0.4, 0.5) is 5.82 Å². The van der Waals surface area contributed by atoms with Gasteiger partial charge in [0, 0.05) is 29.7 Å². The van der Waals surface area contributed by atoms with Gasteiger partial charge in [0.15, 0.2) is 0 Å². The minimum Gasteiger partial charge on any atom is -0.355 e. The third-order valence-electron chi connectivity index (χ3n) is 4.30. The van der Waals surface area contributed by atoms with Gasteiger partial charge < -0.3 is 10.2 Å². The average Bonchev–Trinajstić information content (AvgIpc) is 2.85. The standard InChI is InChI=1S/C18H24N4OS/c1-12-6-4-8-17(19-12)22-9-5-7-15(11-22)21-18(23)10-16-13(2)20-14(3)24-16/h4,6,8,15H,5,7,9-11H2,1-3H3,(H,21,23)/t15-/m0/s1. The van der Waals surface area contributed by atoms with Gasteiger partial charge >= 0.3 is 0 Å². The van der Waals surface area contributed by atoms with Gasteiger partial charge in [-0.25, -0.2) is 9.97 Å². The molecule has 1 atom stereocenters. The fraction of sp³-hybridized carbons (Fsp3) is 0.500. The maximum atomic E-state index is 12.4. The minimum atomic E-state index is 0.0887. The Kier molecular flexibility index (Phi) is 5.14. The summed E-state index contributed by atoms with van der Waals surface area (Å²) in [6.07, 6.45) is 2.52. The lowest BCUT2D eigenvalue weighted by atomic mass is 10.1. The number of hydrogen-bond acceptors (Lipinski definition) is 5. The molecule has 0 aromatic carbocycles. The molecule has 128 valence electrons. The van der Waals surface area contributed by atoms with Crippen LogP contribution in [0, 0.1) is 20.8 Å². The van der Waals surface area contributed by atoms with E-state index < -0.39 is 0 Å². The molecule has 6 heteroatoms. The highest BCUT2D eigenvalue weighted by molar-refractivity contribution is 7.11. The molecule has 2 aromatic heterocycles. The first-order valence-electron chi connectivity index (χ1n) is 8.42. The molecule has 3 rings (SSSR count). The summed E-state index contributed by atoms with van der Waals surface area (Å²) in [5.74, 6) is 1.09. The monoisotopic (exact) mass is 344 g/mol. The first kappa shape index (κ1) is 16.9. The van der Waals surface area contributed by atoms with Crippen LogP contribution in [-0.2, 0) is 11.2 Å². The van der Waals surface area contributed by atoms with Gasteiger partial charge in [-0.3, -0.25) is 4.79 Å². The quantitative estimate of drug-likeness (QED) is 0.926. The number of pyridine rings is 1. The number of nitrogens with one attached hydrogen (secondary N) is 1. The Morgan fingerprint density at radius 2 is 2.17 bits per heavy atom. The van der Waals surface area contributed by atoms with E-state index in [4.69, 9.17) is 0 Å². The Labute approximate surface area is 147 Å². The molecular formula is C18H24N4OS. The van der Waals surface area contributed by atoms with Crippen LogP contribution in [0.1, 0.15) is 34.1 Å². The van der Waals surface area contributed by atoms with Crippen molar-refractivity contribution in [3.05, 3.63) is 39.5 Å². The molecule has 1 aliphatic rings. The van der Waals surface area contributed by atoms with Gasteiger partial charge in [-0.15, -0.1) is 11.3 Å². The van der Waals surface area contributed by atoms with E-state index >= 15 is 0 Å². The molecule has 2 aromatic rings. The van der Waals surface area contributed by atoms with Crippen molar-refractivity contribution in [3.63, 3.8) is 0 Å². The lowest BCUT2D eigenvalue weighted by Gasteiger charge is -2.34. The third-order valence-corrected chi connectivity index (χ3v) is 5.38. The average molecular weight is 344 g/mol. The zero-order valence-corrected chi connectivity index (χ0v) is 15.3. The highest BCUT2D eigenvalue weighted by atomic mass is 32.1. The second-order valence-corrected chi connectivity index (χ2v) is 7.70. The molecular weight excluding hydrogens is 320 g/mol. The summed E-state index contributed by atoms with van der Waals surface area (Å²) in [6, 6.07) is 6.27. The Morgan fingerprint density at radius 3 is 2.88 bits per heavy atom. The smallest absolute Gasteiger partial charge is 0.225 e. The third kappa shape index (κ3) is 4.12. The predicted octanol–water partition coefficient (Wildman–Crippen LogP) is 2.79. The normalized spacial score (nSPS) is 17.8. The van der Waals surface area contributed by atoms with Crippen LogP contribution in [0.2, 0.25) is 0 Å². The van der Waals surface area contributed by atoms with Gasteiger partial charge in [-0.05, 0) is 45.7 Å². The summed E-state index contributed by atoms with van der Waals surface area (Å²) >= 11 is 1.61.